The molecule has 0 aromatic carbocycles. The summed E-state index contributed by atoms with van der Waals surface area (Å²) in [5, 5.41) is 0. The minimum absolute atomic E-state index is 0.251. The molecule has 1 nitrogen and oxygen atoms in total. The third kappa shape index (κ3) is 1.07. The number of rotatable bonds is 0. The van der Waals surface area contributed by atoms with Crippen molar-refractivity contribution in [1.82, 2.24) is 4.90 Å². The van der Waals surface area contributed by atoms with Crippen LogP contribution in [0.25, 0.3) is 0 Å². The zero-order chi connectivity index (χ0) is 9.57. The van der Waals surface area contributed by atoms with Gasteiger partial charge in [-0.2, -0.15) is 0 Å². The molecule has 0 bridgehead atoms. The highest BCUT2D eigenvalue weighted by Crippen LogP contribution is 2.44. The summed E-state index contributed by atoms with van der Waals surface area (Å²) in [6, 6.07) is 0. The van der Waals surface area contributed by atoms with Crippen LogP contribution in [0.3, 0.4) is 0 Å². The molecule has 0 saturated heterocycles. The van der Waals surface area contributed by atoms with E-state index in [1.807, 2.05) is 0 Å². The van der Waals surface area contributed by atoms with Gasteiger partial charge < -0.3 is 4.90 Å². The van der Waals surface area contributed by atoms with Crippen LogP contribution in [0.1, 0.15) is 34.6 Å². The van der Waals surface area contributed by atoms with Gasteiger partial charge in [-0.05, 0) is 31.4 Å². The van der Waals surface area contributed by atoms with Gasteiger partial charge >= 0.3 is 0 Å². The largest absolute Gasteiger partial charge is 0.375 e. The summed E-state index contributed by atoms with van der Waals surface area (Å²) in [7, 11) is 2.16. The Morgan fingerprint density at radius 2 is 1.67 bits per heavy atom. The number of hydrogen-bond donors (Lipinski definition) is 0. The van der Waals surface area contributed by atoms with E-state index in [0.29, 0.717) is 11.3 Å². The molecule has 0 saturated carbocycles. The number of nitrogens with zero attached hydrogens (tertiary/aromatic N) is 1. The van der Waals surface area contributed by atoms with Gasteiger partial charge in [0.15, 0.2) is 0 Å². The normalized spacial score (nSPS) is 32.2. The van der Waals surface area contributed by atoms with Gasteiger partial charge in [0.1, 0.15) is 0 Å². The fourth-order valence-corrected chi connectivity index (χ4v) is 1.70. The standard InChI is InChI=1S/C11H21N/c1-9-7-8-12(6)11(4,5)10(9,2)3/h7-9H,1-6H3. The highest BCUT2D eigenvalue weighted by Gasteiger charge is 2.44. The van der Waals surface area contributed by atoms with E-state index < -0.39 is 0 Å². The first kappa shape index (κ1) is 9.63. The fourth-order valence-electron chi connectivity index (χ4n) is 1.70. The molecule has 1 aliphatic heterocycles. The van der Waals surface area contributed by atoms with Crippen molar-refractivity contribution in [2.45, 2.75) is 40.2 Å². The van der Waals surface area contributed by atoms with Crippen LogP contribution in [0, 0.1) is 11.3 Å². The lowest BCUT2D eigenvalue weighted by Gasteiger charge is -2.53. The summed E-state index contributed by atoms with van der Waals surface area (Å²) in [6.45, 7) is 11.6. The van der Waals surface area contributed by atoms with Gasteiger partial charge in [-0.1, -0.05) is 26.8 Å². The van der Waals surface area contributed by atoms with Crippen molar-refractivity contribution in [3.8, 4) is 0 Å². The van der Waals surface area contributed by atoms with Crippen LogP contribution in [0.15, 0.2) is 12.3 Å². The summed E-state index contributed by atoms with van der Waals surface area (Å²) in [5.41, 5.74) is 0.595. The molecule has 1 atom stereocenters. The quantitative estimate of drug-likeness (QED) is 0.536. The van der Waals surface area contributed by atoms with Gasteiger partial charge in [-0.15, -0.1) is 0 Å². The van der Waals surface area contributed by atoms with Crippen molar-refractivity contribution in [3.05, 3.63) is 12.3 Å². The highest BCUT2D eigenvalue weighted by molar-refractivity contribution is 5.10. The first-order chi connectivity index (χ1) is 5.30. The number of hydrogen-bond acceptors (Lipinski definition) is 1. The Labute approximate surface area is 76.5 Å². The summed E-state index contributed by atoms with van der Waals surface area (Å²) in [6.07, 6.45) is 4.50. The Morgan fingerprint density at radius 1 is 1.17 bits per heavy atom. The highest BCUT2D eigenvalue weighted by atomic mass is 15.2. The molecule has 0 fully saturated rings. The molecule has 1 unspecified atom stereocenters. The second-order valence-corrected chi connectivity index (χ2v) is 5.02. The molecule has 0 amide bonds. The lowest BCUT2D eigenvalue weighted by Crippen LogP contribution is -2.54. The molecule has 0 N–H and O–H groups in total. The van der Waals surface area contributed by atoms with Crippen molar-refractivity contribution in [2.75, 3.05) is 7.05 Å². The minimum Gasteiger partial charge on any atom is -0.375 e. The second kappa shape index (κ2) is 2.51. The molecule has 1 heterocycles. The van der Waals surface area contributed by atoms with Crippen molar-refractivity contribution in [3.63, 3.8) is 0 Å². The molecule has 12 heavy (non-hydrogen) atoms. The third-order valence-corrected chi connectivity index (χ3v) is 4.20. The molecular weight excluding hydrogens is 146 g/mol. The molecule has 1 heteroatoms. The zero-order valence-electron chi connectivity index (χ0n) is 9.18. The first-order valence-corrected chi connectivity index (χ1v) is 4.71. The first-order valence-electron chi connectivity index (χ1n) is 4.71. The summed E-state index contributed by atoms with van der Waals surface area (Å²) < 4.78 is 0. The maximum atomic E-state index is 2.34. The zero-order valence-corrected chi connectivity index (χ0v) is 9.18. The lowest BCUT2D eigenvalue weighted by atomic mass is 9.64. The van der Waals surface area contributed by atoms with Crippen LogP contribution in [0.2, 0.25) is 0 Å². The molecule has 70 valence electrons. The van der Waals surface area contributed by atoms with Gasteiger partial charge in [-0.25, -0.2) is 0 Å². The van der Waals surface area contributed by atoms with Gasteiger partial charge in [-0.3, -0.25) is 0 Å². The fraction of sp³-hybridized carbons (Fsp3) is 0.818. The average Bonchev–Trinajstić information content (AvgIpc) is 1.96. The van der Waals surface area contributed by atoms with E-state index in [1.165, 1.54) is 0 Å². The van der Waals surface area contributed by atoms with Crippen LogP contribution in [-0.2, 0) is 0 Å². The molecule has 0 aromatic rings. The molecule has 0 aliphatic carbocycles. The van der Waals surface area contributed by atoms with Crippen LogP contribution in [0.4, 0.5) is 0 Å². The van der Waals surface area contributed by atoms with Gasteiger partial charge in [0, 0.05) is 12.6 Å². The van der Waals surface area contributed by atoms with Gasteiger partial charge in [0.25, 0.3) is 0 Å². The van der Waals surface area contributed by atoms with Crippen molar-refractivity contribution in [1.29, 1.82) is 0 Å². The smallest absolute Gasteiger partial charge is 0.0393 e. The molecular formula is C11H21N. The van der Waals surface area contributed by atoms with Crippen LogP contribution < -0.4 is 0 Å². The maximum Gasteiger partial charge on any atom is 0.0393 e. The number of allylic oxidation sites excluding steroid dienone is 1. The topological polar surface area (TPSA) is 3.24 Å². The molecule has 1 rings (SSSR count). The van der Waals surface area contributed by atoms with Crippen molar-refractivity contribution in [2.24, 2.45) is 11.3 Å². The van der Waals surface area contributed by atoms with Crippen molar-refractivity contribution >= 4 is 0 Å². The van der Waals surface area contributed by atoms with E-state index in [1.54, 1.807) is 0 Å². The van der Waals surface area contributed by atoms with Gasteiger partial charge in [0.2, 0.25) is 0 Å². The van der Waals surface area contributed by atoms with Gasteiger partial charge in [0.05, 0.1) is 0 Å². The van der Waals surface area contributed by atoms with E-state index in [0.717, 1.165) is 0 Å². The van der Waals surface area contributed by atoms with Crippen LogP contribution in [-0.4, -0.2) is 17.5 Å². The monoisotopic (exact) mass is 167 g/mol. The Hall–Kier alpha value is -0.460. The molecule has 0 spiro atoms. The molecule has 1 aliphatic rings. The van der Waals surface area contributed by atoms with Crippen LogP contribution in [0.5, 0.6) is 0 Å². The molecule has 0 aromatic heterocycles. The minimum atomic E-state index is 0.251. The SMILES string of the molecule is CC1C=CN(C)C(C)(C)C1(C)C. The Bertz CT molecular complexity index is 179. The Morgan fingerprint density at radius 3 is 2.08 bits per heavy atom. The van der Waals surface area contributed by atoms with E-state index >= 15 is 0 Å². The summed E-state index contributed by atoms with van der Waals surface area (Å²) >= 11 is 0. The average molecular weight is 167 g/mol. The maximum absolute atomic E-state index is 2.34. The van der Waals surface area contributed by atoms with Crippen molar-refractivity contribution < 1.29 is 0 Å². The lowest BCUT2D eigenvalue weighted by molar-refractivity contribution is 0.0211. The van der Waals surface area contributed by atoms with E-state index in [2.05, 4.69) is 58.8 Å². The third-order valence-electron chi connectivity index (χ3n) is 4.20. The van der Waals surface area contributed by atoms with Crippen LogP contribution >= 0.6 is 0 Å². The van der Waals surface area contributed by atoms with E-state index in [9.17, 15) is 0 Å². The summed E-state index contributed by atoms with van der Waals surface area (Å²) in [5.74, 6) is 0.656. The predicted octanol–water partition coefficient (Wildman–Crippen LogP) is 2.89. The second-order valence-electron chi connectivity index (χ2n) is 5.02. The Balaban J connectivity index is 3.07. The van der Waals surface area contributed by atoms with E-state index in [4.69, 9.17) is 0 Å². The summed E-state index contributed by atoms with van der Waals surface area (Å²) in [4.78, 5) is 2.31. The molecule has 0 radical (unpaired) electrons. The van der Waals surface area contributed by atoms with E-state index in [-0.39, 0.29) is 5.54 Å². The predicted molar refractivity (Wildman–Crippen MR) is 53.9 cm³/mol. The Kier molecular flexibility index (Phi) is 2.02.